The van der Waals surface area contributed by atoms with E-state index in [1.165, 1.54) is 0 Å². The molecule has 0 aliphatic rings. The fourth-order valence-electron chi connectivity index (χ4n) is 2.03. The van der Waals surface area contributed by atoms with E-state index in [1.54, 1.807) is 0 Å². The number of rotatable bonds is 2. The van der Waals surface area contributed by atoms with E-state index < -0.39 is 0 Å². The molecule has 0 aliphatic carbocycles. The number of anilines is 1. The highest BCUT2D eigenvalue weighted by molar-refractivity contribution is 5.65. The summed E-state index contributed by atoms with van der Waals surface area (Å²) in [6.45, 7) is 2.05. The Kier molecular flexibility index (Phi) is 2.76. The van der Waals surface area contributed by atoms with Gasteiger partial charge in [-0.3, -0.25) is 5.10 Å². The molecule has 19 heavy (non-hydrogen) atoms. The summed E-state index contributed by atoms with van der Waals surface area (Å²) in [7, 11) is 0. The number of nitrogens with two attached hydrogens (primary N) is 1. The van der Waals surface area contributed by atoms with Gasteiger partial charge in [-0.2, -0.15) is 5.10 Å². The van der Waals surface area contributed by atoms with Crippen LogP contribution in [0.1, 0.15) is 5.56 Å². The molecule has 4 heteroatoms. The molecule has 4 nitrogen and oxygen atoms in total. The lowest BCUT2D eigenvalue weighted by Crippen LogP contribution is -1.87. The Morgan fingerprint density at radius 2 is 1.89 bits per heavy atom. The van der Waals surface area contributed by atoms with Crippen LogP contribution in [0.15, 0.2) is 48.5 Å². The van der Waals surface area contributed by atoms with E-state index in [9.17, 15) is 0 Å². The number of aryl methyl sites for hydroxylation is 1. The molecular formula is C15H14N4. The summed E-state index contributed by atoms with van der Waals surface area (Å²) in [6.07, 6.45) is 0. The van der Waals surface area contributed by atoms with Crippen molar-refractivity contribution in [2.45, 2.75) is 6.92 Å². The van der Waals surface area contributed by atoms with Crippen LogP contribution in [-0.2, 0) is 0 Å². The maximum atomic E-state index is 5.77. The van der Waals surface area contributed by atoms with E-state index in [2.05, 4.69) is 28.2 Å². The van der Waals surface area contributed by atoms with Gasteiger partial charge in [0.05, 0.1) is 0 Å². The minimum Gasteiger partial charge on any atom is -0.399 e. The monoisotopic (exact) mass is 250 g/mol. The van der Waals surface area contributed by atoms with E-state index >= 15 is 0 Å². The number of aromatic nitrogens is 3. The van der Waals surface area contributed by atoms with Crippen LogP contribution in [0.2, 0.25) is 0 Å². The zero-order chi connectivity index (χ0) is 13.2. The summed E-state index contributed by atoms with van der Waals surface area (Å²) in [4.78, 5) is 4.53. The average Bonchev–Trinajstić information content (AvgIpc) is 2.89. The predicted molar refractivity (Wildman–Crippen MR) is 76.4 cm³/mol. The van der Waals surface area contributed by atoms with Crippen molar-refractivity contribution in [3.63, 3.8) is 0 Å². The smallest absolute Gasteiger partial charge is 0.181 e. The molecule has 0 bridgehead atoms. The first-order valence-corrected chi connectivity index (χ1v) is 6.08. The first-order valence-electron chi connectivity index (χ1n) is 6.08. The van der Waals surface area contributed by atoms with E-state index in [0.29, 0.717) is 11.5 Å². The third kappa shape index (κ3) is 2.20. The highest BCUT2D eigenvalue weighted by Crippen LogP contribution is 2.23. The molecule has 0 unspecified atom stereocenters. The molecule has 0 amide bonds. The number of aromatic amines is 1. The van der Waals surface area contributed by atoms with Gasteiger partial charge in [-0.05, 0) is 24.6 Å². The molecule has 0 fully saturated rings. The average molecular weight is 250 g/mol. The Morgan fingerprint density at radius 3 is 2.68 bits per heavy atom. The van der Waals surface area contributed by atoms with Crippen molar-refractivity contribution >= 4 is 5.69 Å². The van der Waals surface area contributed by atoms with Gasteiger partial charge in [-0.25, -0.2) is 4.98 Å². The zero-order valence-corrected chi connectivity index (χ0v) is 10.6. The van der Waals surface area contributed by atoms with Crippen LogP contribution in [-0.4, -0.2) is 15.2 Å². The van der Waals surface area contributed by atoms with Gasteiger partial charge < -0.3 is 5.73 Å². The number of benzene rings is 2. The minimum absolute atomic E-state index is 0.658. The molecule has 0 saturated carbocycles. The molecule has 3 rings (SSSR count). The fourth-order valence-corrected chi connectivity index (χ4v) is 2.03. The first-order chi connectivity index (χ1) is 9.24. The highest BCUT2D eigenvalue weighted by atomic mass is 15.2. The largest absolute Gasteiger partial charge is 0.399 e. The molecule has 0 saturated heterocycles. The van der Waals surface area contributed by atoms with E-state index in [1.807, 2.05) is 42.5 Å². The zero-order valence-electron chi connectivity index (χ0n) is 10.6. The molecule has 3 N–H and O–H groups in total. The molecule has 94 valence electrons. The van der Waals surface area contributed by atoms with Crippen LogP contribution in [0.5, 0.6) is 0 Å². The second-order valence-electron chi connectivity index (χ2n) is 4.45. The second kappa shape index (κ2) is 4.57. The summed E-state index contributed by atoms with van der Waals surface area (Å²) in [5, 5.41) is 7.23. The van der Waals surface area contributed by atoms with Crippen LogP contribution in [0.4, 0.5) is 5.69 Å². The van der Waals surface area contributed by atoms with Crippen LogP contribution in [0.3, 0.4) is 0 Å². The van der Waals surface area contributed by atoms with Crippen molar-refractivity contribution in [3.8, 4) is 22.8 Å². The summed E-state index contributed by atoms with van der Waals surface area (Å²) >= 11 is 0. The molecule has 0 spiro atoms. The molecular weight excluding hydrogens is 236 g/mol. The van der Waals surface area contributed by atoms with Gasteiger partial charge in [-0.15, -0.1) is 0 Å². The lowest BCUT2D eigenvalue weighted by atomic mass is 10.1. The standard InChI is InChI=1S/C15H14N4/c1-10-5-2-3-8-13(10)15-17-14(18-19-15)11-6-4-7-12(16)9-11/h2-9H,16H2,1H3,(H,17,18,19). The van der Waals surface area contributed by atoms with Crippen LogP contribution in [0.25, 0.3) is 22.8 Å². The number of hydrogen-bond acceptors (Lipinski definition) is 3. The fraction of sp³-hybridized carbons (Fsp3) is 0.0667. The van der Waals surface area contributed by atoms with Crippen LogP contribution in [0, 0.1) is 6.92 Å². The van der Waals surface area contributed by atoms with E-state index in [4.69, 9.17) is 5.73 Å². The van der Waals surface area contributed by atoms with Gasteiger partial charge >= 0.3 is 0 Å². The predicted octanol–water partition coefficient (Wildman–Crippen LogP) is 3.03. The topological polar surface area (TPSA) is 67.6 Å². The number of H-pyrrole nitrogens is 1. The van der Waals surface area contributed by atoms with Crippen molar-refractivity contribution in [3.05, 3.63) is 54.1 Å². The molecule has 1 aromatic heterocycles. The number of nitrogen functional groups attached to an aromatic ring is 1. The molecule has 0 radical (unpaired) electrons. The quantitative estimate of drug-likeness (QED) is 0.687. The van der Waals surface area contributed by atoms with Crippen molar-refractivity contribution < 1.29 is 0 Å². The number of nitrogens with one attached hydrogen (secondary N) is 1. The minimum atomic E-state index is 0.658. The van der Waals surface area contributed by atoms with E-state index in [0.717, 1.165) is 22.5 Å². The lowest BCUT2D eigenvalue weighted by molar-refractivity contribution is 1.10. The van der Waals surface area contributed by atoms with Gasteiger partial charge in [0.15, 0.2) is 11.6 Å². The van der Waals surface area contributed by atoms with Gasteiger partial charge in [0.1, 0.15) is 0 Å². The Morgan fingerprint density at radius 1 is 1.05 bits per heavy atom. The normalized spacial score (nSPS) is 10.6. The van der Waals surface area contributed by atoms with Gasteiger partial charge in [0.2, 0.25) is 0 Å². The van der Waals surface area contributed by atoms with Crippen molar-refractivity contribution in [2.24, 2.45) is 0 Å². The third-order valence-electron chi connectivity index (χ3n) is 3.03. The van der Waals surface area contributed by atoms with Crippen molar-refractivity contribution in [1.29, 1.82) is 0 Å². The first kappa shape index (κ1) is 11.5. The lowest BCUT2D eigenvalue weighted by Gasteiger charge is -2.00. The Bertz CT molecular complexity index is 715. The highest BCUT2D eigenvalue weighted by Gasteiger charge is 2.09. The maximum Gasteiger partial charge on any atom is 0.181 e. The Hall–Kier alpha value is -2.62. The molecule has 0 aliphatic heterocycles. The molecule has 2 aromatic carbocycles. The Balaban J connectivity index is 2.03. The summed E-state index contributed by atoms with van der Waals surface area (Å²) in [5.41, 5.74) is 9.62. The molecule has 1 heterocycles. The number of hydrogen-bond donors (Lipinski definition) is 2. The van der Waals surface area contributed by atoms with Crippen LogP contribution >= 0.6 is 0 Å². The summed E-state index contributed by atoms with van der Waals surface area (Å²) in [6, 6.07) is 15.6. The van der Waals surface area contributed by atoms with Gasteiger partial charge in [-0.1, -0.05) is 36.4 Å². The van der Waals surface area contributed by atoms with Gasteiger partial charge in [0, 0.05) is 16.8 Å². The molecule has 3 aromatic rings. The number of nitrogens with zero attached hydrogens (tertiary/aromatic N) is 2. The van der Waals surface area contributed by atoms with Crippen LogP contribution < -0.4 is 5.73 Å². The summed E-state index contributed by atoms with van der Waals surface area (Å²) < 4.78 is 0. The van der Waals surface area contributed by atoms with Crippen molar-refractivity contribution in [1.82, 2.24) is 15.2 Å². The van der Waals surface area contributed by atoms with E-state index in [-0.39, 0.29) is 0 Å². The second-order valence-corrected chi connectivity index (χ2v) is 4.45. The summed E-state index contributed by atoms with van der Waals surface area (Å²) in [5.74, 6) is 1.43. The van der Waals surface area contributed by atoms with Crippen molar-refractivity contribution in [2.75, 3.05) is 5.73 Å². The SMILES string of the molecule is Cc1ccccc1-c1nc(-c2cccc(N)c2)n[nH]1. The van der Waals surface area contributed by atoms with Gasteiger partial charge in [0.25, 0.3) is 0 Å². The third-order valence-corrected chi connectivity index (χ3v) is 3.03. The molecule has 0 atom stereocenters. The maximum absolute atomic E-state index is 5.77. The Labute approximate surface area is 111 Å².